The molecule has 0 spiro atoms. The van der Waals surface area contributed by atoms with Gasteiger partial charge in [0, 0.05) is 17.7 Å². The van der Waals surface area contributed by atoms with Crippen molar-refractivity contribution in [1.82, 2.24) is 10.9 Å². The van der Waals surface area contributed by atoms with E-state index < -0.39 is 11.8 Å². The minimum atomic E-state index is -0.423. The highest BCUT2D eigenvalue weighted by atomic mass is 16.5. The fourth-order valence-electron chi connectivity index (χ4n) is 2.07. The summed E-state index contributed by atoms with van der Waals surface area (Å²) < 4.78 is 15.7. The number of methoxy groups -OCH3 is 1. The summed E-state index contributed by atoms with van der Waals surface area (Å²) in [5, 5.41) is 0. The van der Waals surface area contributed by atoms with Gasteiger partial charge < -0.3 is 14.2 Å². The maximum atomic E-state index is 12.1. The molecule has 138 valence electrons. The molecule has 0 aromatic heterocycles. The van der Waals surface area contributed by atoms with E-state index in [1.54, 1.807) is 55.6 Å². The number of benzene rings is 2. The Hall–Kier alpha value is -3.06. The van der Waals surface area contributed by atoms with E-state index in [2.05, 4.69) is 10.9 Å². The molecule has 0 aliphatic rings. The molecular weight excluding hydrogens is 336 g/mol. The first-order chi connectivity index (χ1) is 12.6. The summed E-state index contributed by atoms with van der Waals surface area (Å²) in [6.45, 7) is 3.51. The van der Waals surface area contributed by atoms with Gasteiger partial charge >= 0.3 is 0 Å². The number of carbonyl (C=O) groups excluding carboxylic acids is 2. The van der Waals surface area contributed by atoms with Gasteiger partial charge in [-0.1, -0.05) is 0 Å². The van der Waals surface area contributed by atoms with Gasteiger partial charge in [0.1, 0.15) is 18.1 Å². The Bertz CT molecular complexity index is 714. The molecule has 0 unspecified atom stereocenters. The monoisotopic (exact) mass is 358 g/mol. The summed E-state index contributed by atoms with van der Waals surface area (Å²) in [4.78, 5) is 24.1. The van der Waals surface area contributed by atoms with Crippen LogP contribution in [-0.4, -0.2) is 38.7 Å². The van der Waals surface area contributed by atoms with Crippen LogP contribution < -0.4 is 20.3 Å². The van der Waals surface area contributed by atoms with Crippen molar-refractivity contribution in [3.63, 3.8) is 0 Å². The molecule has 0 atom stereocenters. The maximum absolute atomic E-state index is 12.1. The van der Waals surface area contributed by atoms with Crippen molar-refractivity contribution in [2.75, 3.05) is 26.9 Å². The molecule has 26 heavy (non-hydrogen) atoms. The zero-order valence-electron chi connectivity index (χ0n) is 14.8. The molecule has 0 bridgehead atoms. The van der Waals surface area contributed by atoms with E-state index in [0.717, 1.165) is 0 Å². The predicted molar refractivity (Wildman–Crippen MR) is 96.4 cm³/mol. The molecule has 0 saturated heterocycles. The van der Waals surface area contributed by atoms with Crippen LogP contribution in [0.4, 0.5) is 0 Å². The van der Waals surface area contributed by atoms with Gasteiger partial charge in [-0.05, 0) is 55.5 Å². The van der Waals surface area contributed by atoms with Crippen LogP contribution in [0.2, 0.25) is 0 Å². The van der Waals surface area contributed by atoms with E-state index >= 15 is 0 Å². The molecule has 0 aliphatic heterocycles. The molecule has 0 aliphatic carbocycles. The van der Waals surface area contributed by atoms with Crippen molar-refractivity contribution < 1.29 is 23.8 Å². The minimum Gasteiger partial charge on any atom is -0.497 e. The van der Waals surface area contributed by atoms with E-state index in [1.807, 2.05) is 6.92 Å². The van der Waals surface area contributed by atoms with E-state index in [4.69, 9.17) is 14.2 Å². The van der Waals surface area contributed by atoms with Crippen molar-refractivity contribution in [3.8, 4) is 11.5 Å². The third kappa shape index (κ3) is 5.78. The third-order valence-electron chi connectivity index (χ3n) is 3.46. The summed E-state index contributed by atoms with van der Waals surface area (Å²) in [5.74, 6) is 0.447. The van der Waals surface area contributed by atoms with Gasteiger partial charge in [0.15, 0.2) is 0 Å². The number of hydrazine groups is 1. The molecule has 7 nitrogen and oxygen atoms in total. The maximum Gasteiger partial charge on any atom is 0.269 e. The van der Waals surface area contributed by atoms with Crippen LogP contribution in [0.3, 0.4) is 0 Å². The number of rotatable bonds is 8. The lowest BCUT2D eigenvalue weighted by Gasteiger charge is -2.09. The molecule has 2 rings (SSSR count). The molecule has 7 heteroatoms. The van der Waals surface area contributed by atoms with E-state index in [1.165, 1.54) is 0 Å². The van der Waals surface area contributed by atoms with Gasteiger partial charge in [0.05, 0.1) is 13.7 Å². The topological polar surface area (TPSA) is 85.9 Å². The first-order valence-corrected chi connectivity index (χ1v) is 8.19. The second kappa shape index (κ2) is 10.0. The quantitative estimate of drug-likeness (QED) is 0.558. The number of carbonyl (C=O) groups is 2. The molecule has 2 aromatic rings. The lowest BCUT2D eigenvalue weighted by Crippen LogP contribution is -2.41. The van der Waals surface area contributed by atoms with Crippen LogP contribution >= 0.6 is 0 Å². The smallest absolute Gasteiger partial charge is 0.269 e. The standard InChI is InChI=1S/C19H22N2O5/c1-3-25-12-13-26-17-10-6-15(7-11-17)19(23)21-20-18(22)14-4-8-16(24-2)9-5-14/h4-11H,3,12-13H2,1-2H3,(H,20,22)(H,21,23). The second-order valence-corrected chi connectivity index (χ2v) is 5.21. The Kier molecular flexibility index (Phi) is 7.45. The van der Waals surface area contributed by atoms with Crippen LogP contribution in [0.25, 0.3) is 0 Å². The zero-order valence-corrected chi connectivity index (χ0v) is 14.8. The Labute approximate surface area is 152 Å². The predicted octanol–water partition coefficient (Wildman–Crippen LogP) is 2.19. The first kappa shape index (κ1) is 19.3. The van der Waals surface area contributed by atoms with Crippen molar-refractivity contribution in [3.05, 3.63) is 59.7 Å². The highest BCUT2D eigenvalue weighted by Gasteiger charge is 2.09. The van der Waals surface area contributed by atoms with E-state index in [0.29, 0.717) is 42.4 Å². The average molecular weight is 358 g/mol. The number of hydrogen-bond acceptors (Lipinski definition) is 5. The molecule has 0 radical (unpaired) electrons. The second-order valence-electron chi connectivity index (χ2n) is 5.21. The molecule has 0 saturated carbocycles. The molecular formula is C19H22N2O5. The van der Waals surface area contributed by atoms with Crippen LogP contribution in [0.5, 0.6) is 11.5 Å². The fraction of sp³-hybridized carbons (Fsp3) is 0.263. The highest BCUT2D eigenvalue weighted by molar-refractivity contribution is 5.99. The van der Waals surface area contributed by atoms with Crippen LogP contribution in [0, 0.1) is 0 Å². The SMILES string of the molecule is CCOCCOc1ccc(C(=O)NNC(=O)c2ccc(OC)cc2)cc1. The van der Waals surface area contributed by atoms with Gasteiger partial charge in [-0.25, -0.2) is 0 Å². The number of hydrogen-bond donors (Lipinski definition) is 2. The molecule has 2 aromatic carbocycles. The van der Waals surface area contributed by atoms with Crippen molar-refractivity contribution in [2.45, 2.75) is 6.92 Å². The Balaban J connectivity index is 1.82. The summed E-state index contributed by atoms with van der Waals surface area (Å²) >= 11 is 0. The Morgan fingerprint density at radius 1 is 0.808 bits per heavy atom. The van der Waals surface area contributed by atoms with Gasteiger partial charge in [0.25, 0.3) is 11.8 Å². The molecule has 0 fully saturated rings. The van der Waals surface area contributed by atoms with Crippen molar-refractivity contribution in [1.29, 1.82) is 0 Å². The summed E-state index contributed by atoms with van der Waals surface area (Å²) in [5.41, 5.74) is 5.55. The zero-order chi connectivity index (χ0) is 18.8. The molecule has 2 amide bonds. The summed E-state index contributed by atoms with van der Waals surface area (Å²) in [6, 6.07) is 13.2. The van der Waals surface area contributed by atoms with Crippen LogP contribution in [0.1, 0.15) is 27.6 Å². The van der Waals surface area contributed by atoms with Crippen molar-refractivity contribution >= 4 is 11.8 Å². The van der Waals surface area contributed by atoms with Crippen LogP contribution in [0.15, 0.2) is 48.5 Å². The summed E-state index contributed by atoms with van der Waals surface area (Å²) in [6.07, 6.45) is 0. The van der Waals surface area contributed by atoms with E-state index in [9.17, 15) is 9.59 Å². The Morgan fingerprint density at radius 2 is 1.31 bits per heavy atom. The average Bonchev–Trinajstić information content (AvgIpc) is 2.69. The van der Waals surface area contributed by atoms with Crippen molar-refractivity contribution in [2.24, 2.45) is 0 Å². The van der Waals surface area contributed by atoms with Gasteiger partial charge in [-0.2, -0.15) is 0 Å². The first-order valence-electron chi connectivity index (χ1n) is 8.19. The lowest BCUT2D eigenvalue weighted by atomic mass is 10.2. The van der Waals surface area contributed by atoms with Crippen LogP contribution in [-0.2, 0) is 4.74 Å². The Morgan fingerprint density at radius 3 is 1.77 bits per heavy atom. The molecule has 2 N–H and O–H groups in total. The highest BCUT2D eigenvalue weighted by Crippen LogP contribution is 2.12. The number of nitrogens with one attached hydrogen (secondary N) is 2. The van der Waals surface area contributed by atoms with E-state index in [-0.39, 0.29) is 0 Å². The largest absolute Gasteiger partial charge is 0.497 e. The normalized spacial score (nSPS) is 10.1. The fourth-order valence-corrected chi connectivity index (χ4v) is 2.07. The number of amides is 2. The molecule has 0 heterocycles. The minimum absolute atomic E-state index is 0.400. The van der Waals surface area contributed by atoms with Gasteiger partial charge in [-0.15, -0.1) is 0 Å². The van der Waals surface area contributed by atoms with Gasteiger partial charge in [-0.3, -0.25) is 20.4 Å². The summed E-state index contributed by atoms with van der Waals surface area (Å²) in [7, 11) is 1.55. The van der Waals surface area contributed by atoms with Gasteiger partial charge in [0.2, 0.25) is 0 Å². The number of ether oxygens (including phenoxy) is 3. The third-order valence-corrected chi connectivity index (χ3v) is 3.46. The lowest BCUT2D eigenvalue weighted by molar-refractivity contribution is 0.0846.